The van der Waals surface area contributed by atoms with Crippen LogP contribution in [0.3, 0.4) is 0 Å². The number of carbonyl (C=O) groups is 2. The predicted molar refractivity (Wildman–Crippen MR) is 43.3 cm³/mol. The van der Waals surface area contributed by atoms with Crippen LogP contribution in [0.2, 0.25) is 0 Å². The van der Waals surface area contributed by atoms with E-state index in [2.05, 4.69) is 11.3 Å². The number of esters is 2. The first-order valence-electron chi connectivity index (χ1n) is 4.09. The minimum atomic E-state index is -0.559. The highest BCUT2D eigenvalue weighted by Gasteiger charge is 2.26. The third-order valence-corrected chi connectivity index (χ3v) is 2.10. The van der Waals surface area contributed by atoms with E-state index in [1.54, 1.807) is 0 Å². The van der Waals surface area contributed by atoms with Gasteiger partial charge in [-0.05, 0) is 19.3 Å². The number of hydrogen-bond acceptors (Lipinski definition) is 3. The van der Waals surface area contributed by atoms with Gasteiger partial charge >= 0.3 is 11.9 Å². The van der Waals surface area contributed by atoms with Gasteiger partial charge in [0.05, 0.1) is 5.92 Å². The van der Waals surface area contributed by atoms with Crippen LogP contribution in [0, 0.1) is 5.92 Å². The van der Waals surface area contributed by atoms with Gasteiger partial charge in [0, 0.05) is 5.57 Å². The van der Waals surface area contributed by atoms with E-state index in [0.29, 0.717) is 18.4 Å². The van der Waals surface area contributed by atoms with Gasteiger partial charge in [0.2, 0.25) is 0 Å². The predicted octanol–water partition coefficient (Wildman–Crippen LogP) is 1.43. The third kappa shape index (κ3) is 1.72. The molecule has 1 saturated heterocycles. The van der Waals surface area contributed by atoms with Crippen molar-refractivity contribution in [2.24, 2.45) is 5.92 Å². The van der Waals surface area contributed by atoms with Gasteiger partial charge in [0.1, 0.15) is 0 Å². The molecule has 1 fully saturated rings. The maximum Gasteiger partial charge on any atom is 0.341 e. The van der Waals surface area contributed by atoms with Crippen LogP contribution in [0.25, 0.3) is 0 Å². The molecular formula is C9H12O3. The molecule has 0 aromatic heterocycles. The Morgan fingerprint density at radius 3 is 2.83 bits per heavy atom. The molecule has 3 heteroatoms. The zero-order valence-electron chi connectivity index (χ0n) is 7.13. The molecule has 0 saturated carbocycles. The van der Waals surface area contributed by atoms with Crippen LogP contribution < -0.4 is 0 Å². The normalized spacial score (nSPS) is 25.1. The lowest BCUT2D eigenvalue weighted by Crippen LogP contribution is -2.17. The fourth-order valence-electron chi connectivity index (χ4n) is 1.19. The highest BCUT2D eigenvalue weighted by molar-refractivity contribution is 5.97. The van der Waals surface area contributed by atoms with Crippen LogP contribution >= 0.6 is 0 Å². The molecule has 0 N–H and O–H groups in total. The fraction of sp³-hybridized carbons (Fsp3) is 0.556. The van der Waals surface area contributed by atoms with E-state index >= 15 is 0 Å². The van der Waals surface area contributed by atoms with Gasteiger partial charge in [-0.3, -0.25) is 4.79 Å². The van der Waals surface area contributed by atoms with Crippen molar-refractivity contribution < 1.29 is 14.3 Å². The number of carbonyl (C=O) groups excluding carboxylic acids is 2. The summed E-state index contributed by atoms with van der Waals surface area (Å²) in [7, 11) is 0. The van der Waals surface area contributed by atoms with E-state index in [1.807, 2.05) is 6.92 Å². The zero-order valence-corrected chi connectivity index (χ0v) is 7.13. The van der Waals surface area contributed by atoms with Crippen molar-refractivity contribution in [3.63, 3.8) is 0 Å². The average molecular weight is 168 g/mol. The van der Waals surface area contributed by atoms with Crippen LogP contribution in [0.4, 0.5) is 0 Å². The number of ether oxygens (including phenoxy) is 1. The van der Waals surface area contributed by atoms with Gasteiger partial charge < -0.3 is 4.74 Å². The molecule has 3 nitrogen and oxygen atoms in total. The van der Waals surface area contributed by atoms with Gasteiger partial charge in [-0.15, -0.1) is 0 Å². The van der Waals surface area contributed by atoms with Gasteiger partial charge in [-0.1, -0.05) is 13.5 Å². The molecule has 1 aliphatic heterocycles. The summed E-state index contributed by atoms with van der Waals surface area (Å²) in [5.41, 5.74) is 0.402. The Morgan fingerprint density at radius 1 is 1.58 bits per heavy atom. The van der Waals surface area contributed by atoms with Crippen molar-refractivity contribution in [1.29, 1.82) is 0 Å². The van der Waals surface area contributed by atoms with Crippen LogP contribution in [-0.4, -0.2) is 11.9 Å². The molecule has 12 heavy (non-hydrogen) atoms. The van der Waals surface area contributed by atoms with Crippen molar-refractivity contribution in [2.75, 3.05) is 0 Å². The molecule has 0 bridgehead atoms. The molecule has 1 rings (SSSR count). The Kier molecular flexibility index (Phi) is 2.63. The van der Waals surface area contributed by atoms with Crippen molar-refractivity contribution in [3.8, 4) is 0 Å². The topological polar surface area (TPSA) is 43.4 Å². The molecular weight excluding hydrogens is 156 g/mol. The SMILES string of the molecule is C=C1CCC(CC)C(=O)OC1=O. The van der Waals surface area contributed by atoms with E-state index in [-0.39, 0.29) is 5.92 Å². The lowest BCUT2D eigenvalue weighted by Gasteiger charge is -2.05. The summed E-state index contributed by atoms with van der Waals surface area (Å²) in [5, 5.41) is 0. The zero-order chi connectivity index (χ0) is 9.14. The van der Waals surface area contributed by atoms with E-state index in [0.717, 1.165) is 6.42 Å². The molecule has 0 amide bonds. The second-order valence-electron chi connectivity index (χ2n) is 2.96. The highest BCUT2D eigenvalue weighted by atomic mass is 16.6. The Labute approximate surface area is 71.4 Å². The van der Waals surface area contributed by atoms with Crippen molar-refractivity contribution in [1.82, 2.24) is 0 Å². The minimum Gasteiger partial charge on any atom is -0.389 e. The summed E-state index contributed by atoms with van der Waals surface area (Å²) >= 11 is 0. The standard InChI is InChI=1S/C9H12O3/c1-3-7-5-4-6(2)8(10)12-9(7)11/h7H,2-5H2,1H3. The molecule has 0 aromatic rings. The first kappa shape index (κ1) is 8.97. The monoisotopic (exact) mass is 168 g/mol. The molecule has 0 radical (unpaired) electrons. The summed E-state index contributed by atoms with van der Waals surface area (Å²) in [6.45, 7) is 5.44. The molecule has 1 heterocycles. The van der Waals surface area contributed by atoms with Gasteiger partial charge in [-0.25, -0.2) is 4.79 Å². The summed E-state index contributed by atoms with van der Waals surface area (Å²) in [6, 6.07) is 0. The quantitative estimate of drug-likeness (QED) is 0.338. The fourth-order valence-corrected chi connectivity index (χ4v) is 1.19. The van der Waals surface area contributed by atoms with E-state index in [1.165, 1.54) is 0 Å². The Bertz CT molecular complexity index is 230. The Morgan fingerprint density at radius 2 is 2.25 bits per heavy atom. The molecule has 1 atom stereocenters. The van der Waals surface area contributed by atoms with Crippen LogP contribution in [-0.2, 0) is 14.3 Å². The summed E-state index contributed by atoms with van der Waals surface area (Å²) in [4.78, 5) is 22.1. The summed E-state index contributed by atoms with van der Waals surface area (Å²) < 4.78 is 4.55. The molecule has 0 aromatic carbocycles. The second-order valence-corrected chi connectivity index (χ2v) is 2.96. The molecule has 1 unspecified atom stereocenters. The van der Waals surface area contributed by atoms with Crippen LogP contribution in [0.5, 0.6) is 0 Å². The van der Waals surface area contributed by atoms with Crippen molar-refractivity contribution >= 4 is 11.9 Å². The molecule has 0 aliphatic carbocycles. The second kappa shape index (κ2) is 3.52. The van der Waals surface area contributed by atoms with Crippen LogP contribution in [0.15, 0.2) is 12.2 Å². The summed E-state index contributed by atoms with van der Waals surface area (Å²) in [6.07, 6.45) is 1.97. The van der Waals surface area contributed by atoms with Gasteiger partial charge in [-0.2, -0.15) is 0 Å². The van der Waals surface area contributed by atoms with Gasteiger partial charge in [0.15, 0.2) is 0 Å². The molecule has 66 valence electrons. The van der Waals surface area contributed by atoms with Crippen LogP contribution in [0.1, 0.15) is 26.2 Å². The Hall–Kier alpha value is -1.12. The van der Waals surface area contributed by atoms with E-state index < -0.39 is 11.9 Å². The number of hydrogen-bond donors (Lipinski definition) is 0. The van der Waals surface area contributed by atoms with Crippen molar-refractivity contribution in [3.05, 3.63) is 12.2 Å². The highest BCUT2D eigenvalue weighted by Crippen LogP contribution is 2.21. The van der Waals surface area contributed by atoms with Crippen molar-refractivity contribution in [2.45, 2.75) is 26.2 Å². The first-order valence-corrected chi connectivity index (χ1v) is 4.09. The maximum atomic E-state index is 11.1. The summed E-state index contributed by atoms with van der Waals surface area (Å²) in [5.74, 6) is -1.09. The lowest BCUT2D eigenvalue weighted by atomic mass is 9.99. The third-order valence-electron chi connectivity index (χ3n) is 2.10. The largest absolute Gasteiger partial charge is 0.389 e. The molecule has 0 spiro atoms. The maximum absolute atomic E-state index is 11.1. The average Bonchev–Trinajstić information content (AvgIpc) is 2.14. The number of cyclic esters (lactones) is 2. The first-order chi connectivity index (χ1) is 5.65. The lowest BCUT2D eigenvalue weighted by molar-refractivity contribution is -0.159. The Balaban J connectivity index is 2.72. The van der Waals surface area contributed by atoms with Gasteiger partial charge in [0.25, 0.3) is 0 Å². The smallest absolute Gasteiger partial charge is 0.341 e. The minimum absolute atomic E-state index is 0.131. The van der Waals surface area contributed by atoms with E-state index in [4.69, 9.17) is 0 Å². The van der Waals surface area contributed by atoms with E-state index in [9.17, 15) is 9.59 Å². The molecule has 1 aliphatic rings. The number of rotatable bonds is 1.